The van der Waals surface area contributed by atoms with E-state index in [9.17, 15) is 12.8 Å². The maximum atomic E-state index is 14.9. The molecule has 0 spiro atoms. The van der Waals surface area contributed by atoms with Crippen LogP contribution in [0, 0.1) is 5.82 Å². The van der Waals surface area contributed by atoms with Crippen LogP contribution in [0.2, 0.25) is 0 Å². The van der Waals surface area contributed by atoms with Crippen LogP contribution in [0.5, 0.6) is 5.75 Å². The number of nitrogens with two attached hydrogens (primary N) is 1. The average molecular weight is 438 g/mol. The van der Waals surface area contributed by atoms with Crippen molar-refractivity contribution >= 4 is 10.0 Å². The van der Waals surface area contributed by atoms with Crippen LogP contribution in [-0.4, -0.2) is 20.5 Å². The molecule has 0 aliphatic carbocycles. The molecule has 3 aromatic carbocycles. The average Bonchev–Trinajstić information content (AvgIpc) is 3.17. The number of primary sulfonamides is 1. The van der Waals surface area contributed by atoms with Crippen LogP contribution in [-0.2, 0) is 16.4 Å². The van der Waals surface area contributed by atoms with E-state index in [0.717, 1.165) is 5.56 Å². The molecule has 0 aliphatic heterocycles. The molecule has 158 valence electrons. The van der Waals surface area contributed by atoms with Gasteiger partial charge in [-0.25, -0.2) is 22.9 Å². The summed E-state index contributed by atoms with van der Waals surface area (Å²) < 4.78 is 50.2. The topological polar surface area (TPSA) is 95.4 Å². The number of hydrogen-bond donors (Lipinski definition) is 1. The highest BCUT2D eigenvalue weighted by Crippen LogP contribution is 2.38. The van der Waals surface area contributed by atoms with E-state index in [-0.39, 0.29) is 27.5 Å². The van der Waals surface area contributed by atoms with Gasteiger partial charge in [0.25, 0.3) is 0 Å². The van der Waals surface area contributed by atoms with Gasteiger partial charge in [0.15, 0.2) is 11.7 Å². The summed E-state index contributed by atoms with van der Waals surface area (Å²) >= 11 is 0. The zero-order valence-corrected chi connectivity index (χ0v) is 17.4. The lowest BCUT2D eigenvalue weighted by Gasteiger charge is -2.08. The second-order valence-corrected chi connectivity index (χ2v) is 8.36. The molecule has 0 amide bonds. The summed E-state index contributed by atoms with van der Waals surface area (Å²) in [5.41, 5.74) is 1.50. The van der Waals surface area contributed by atoms with Gasteiger partial charge in [-0.15, -0.1) is 0 Å². The predicted molar refractivity (Wildman–Crippen MR) is 115 cm³/mol. The van der Waals surface area contributed by atoms with Crippen molar-refractivity contribution in [3.8, 4) is 28.3 Å². The molecule has 1 heterocycles. The lowest BCUT2D eigenvalue weighted by atomic mass is 10.1. The Kier molecular flexibility index (Phi) is 5.58. The van der Waals surface area contributed by atoms with Gasteiger partial charge in [-0.1, -0.05) is 48.5 Å². The van der Waals surface area contributed by atoms with Crippen LogP contribution >= 0.6 is 0 Å². The first kappa shape index (κ1) is 20.8. The molecular formula is C23H19FN2O4S. The summed E-state index contributed by atoms with van der Waals surface area (Å²) in [6, 6.07) is 20.0. The summed E-state index contributed by atoms with van der Waals surface area (Å²) in [5, 5.41) is 5.41. The van der Waals surface area contributed by atoms with Gasteiger partial charge in [-0.2, -0.15) is 0 Å². The minimum atomic E-state index is -4.05. The first-order valence-electron chi connectivity index (χ1n) is 9.36. The van der Waals surface area contributed by atoms with E-state index in [1.54, 1.807) is 24.3 Å². The largest absolute Gasteiger partial charge is 0.497 e. The van der Waals surface area contributed by atoms with E-state index in [4.69, 9.17) is 14.3 Å². The summed E-state index contributed by atoms with van der Waals surface area (Å²) in [5.74, 6) is 0.186. The van der Waals surface area contributed by atoms with E-state index in [0.29, 0.717) is 18.1 Å². The summed E-state index contributed by atoms with van der Waals surface area (Å²) in [6.07, 6.45) is 0.350. The summed E-state index contributed by atoms with van der Waals surface area (Å²) in [4.78, 5) is 4.40. The molecule has 0 aliphatic rings. The van der Waals surface area contributed by atoms with Crippen LogP contribution in [0.15, 0.2) is 82.1 Å². The lowest BCUT2D eigenvalue weighted by Crippen LogP contribution is -2.13. The molecule has 4 rings (SSSR count). The van der Waals surface area contributed by atoms with E-state index < -0.39 is 15.8 Å². The number of halogens is 1. The molecule has 4 aromatic rings. The fourth-order valence-corrected chi connectivity index (χ4v) is 4.03. The molecule has 0 saturated carbocycles. The van der Waals surface area contributed by atoms with Crippen molar-refractivity contribution in [2.75, 3.05) is 7.11 Å². The number of hydrogen-bond acceptors (Lipinski definition) is 5. The third-order valence-electron chi connectivity index (χ3n) is 4.74. The van der Waals surface area contributed by atoms with Gasteiger partial charge in [-0.05, 0) is 23.8 Å². The van der Waals surface area contributed by atoms with Crippen LogP contribution in [0.3, 0.4) is 0 Å². The first-order valence-corrected chi connectivity index (χ1v) is 10.9. The number of aromatic nitrogens is 1. The number of methoxy groups -OCH3 is 1. The maximum Gasteiger partial charge on any atom is 0.238 e. The van der Waals surface area contributed by atoms with Crippen LogP contribution < -0.4 is 9.88 Å². The highest BCUT2D eigenvalue weighted by atomic mass is 32.2. The van der Waals surface area contributed by atoms with Crippen molar-refractivity contribution in [2.24, 2.45) is 5.14 Å². The van der Waals surface area contributed by atoms with Gasteiger partial charge in [0.1, 0.15) is 17.3 Å². The monoisotopic (exact) mass is 438 g/mol. The van der Waals surface area contributed by atoms with Crippen molar-refractivity contribution in [1.82, 2.24) is 4.98 Å². The predicted octanol–water partition coefficient (Wildman–Crippen LogP) is 4.39. The van der Waals surface area contributed by atoms with Crippen molar-refractivity contribution < 1.29 is 22.0 Å². The van der Waals surface area contributed by atoms with Gasteiger partial charge < -0.3 is 9.15 Å². The quantitative estimate of drug-likeness (QED) is 0.482. The van der Waals surface area contributed by atoms with Gasteiger partial charge in [0.2, 0.25) is 10.0 Å². The fraction of sp³-hybridized carbons (Fsp3) is 0.0870. The van der Waals surface area contributed by atoms with Crippen LogP contribution in [0.1, 0.15) is 11.5 Å². The van der Waals surface area contributed by atoms with E-state index in [2.05, 4.69) is 4.98 Å². The Balaban J connectivity index is 1.92. The van der Waals surface area contributed by atoms with Gasteiger partial charge in [-0.3, -0.25) is 0 Å². The number of nitrogens with zero attached hydrogens (tertiary/aromatic N) is 1. The Morgan fingerprint density at radius 1 is 1.00 bits per heavy atom. The molecule has 0 atom stereocenters. The van der Waals surface area contributed by atoms with Crippen molar-refractivity contribution in [2.45, 2.75) is 11.3 Å². The van der Waals surface area contributed by atoms with E-state index >= 15 is 0 Å². The Morgan fingerprint density at radius 2 is 1.71 bits per heavy atom. The normalized spacial score (nSPS) is 11.5. The Labute approximate surface area is 179 Å². The second-order valence-electron chi connectivity index (χ2n) is 6.83. The SMILES string of the molecule is COc1ccc(-c2oc(Cc3ccccc3)nc2-c2ccccc2S(N)(=O)=O)c(F)c1. The number of sulfonamides is 1. The number of ether oxygens (including phenoxy) is 1. The molecule has 2 N–H and O–H groups in total. The fourth-order valence-electron chi connectivity index (χ4n) is 3.29. The molecule has 6 nitrogen and oxygen atoms in total. The first-order chi connectivity index (χ1) is 14.9. The van der Waals surface area contributed by atoms with E-state index in [1.807, 2.05) is 30.3 Å². The molecule has 1 aromatic heterocycles. The second kappa shape index (κ2) is 8.33. The number of benzene rings is 3. The Morgan fingerprint density at radius 3 is 2.39 bits per heavy atom. The minimum Gasteiger partial charge on any atom is -0.497 e. The van der Waals surface area contributed by atoms with Gasteiger partial charge in [0.05, 0.1) is 17.6 Å². The lowest BCUT2D eigenvalue weighted by molar-refractivity contribution is 0.411. The smallest absolute Gasteiger partial charge is 0.238 e. The van der Waals surface area contributed by atoms with Crippen molar-refractivity contribution in [1.29, 1.82) is 0 Å². The summed E-state index contributed by atoms with van der Waals surface area (Å²) in [7, 11) is -2.61. The zero-order chi connectivity index (χ0) is 22.0. The van der Waals surface area contributed by atoms with Crippen molar-refractivity contribution in [3.05, 3.63) is 90.1 Å². The molecule has 31 heavy (non-hydrogen) atoms. The third kappa shape index (κ3) is 4.35. The number of rotatable bonds is 6. The molecular weight excluding hydrogens is 419 g/mol. The van der Waals surface area contributed by atoms with Crippen LogP contribution in [0.4, 0.5) is 4.39 Å². The highest BCUT2D eigenvalue weighted by Gasteiger charge is 2.24. The highest BCUT2D eigenvalue weighted by molar-refractivity contribution is 7.89. The van der Waals surface area contributed by atoms with E-state index in [1.165, 1.54) is 25.3 Å². The minimum absolute atomic E-state index is 0.113. The van der Waals surface area contributed by atoms with Gasteiger partial charge in [0, 0.05) is 18.1 Å². The molecule has 8 heteroatoms. The van der Waals surface area contributed by atoms with Crippen LogP contribution in [0.25, 0.3) is 22.6 Å². The zero-order valence-electron chi connectivity index (χ0n) is 16.6. The molecule has 0 fully saturated rings. The molecule has 0 saturated heterocycles. The Bertz CT molecular complexity index is 1330. The van der Waals surface area contributed by atoms with Crippen molar-refractivity contribution in [3.63, 3.8) is 0 Å². The molecule has 0 radical (unpaired) electrons. The molecule has 0 unspecified atom stereocenters. The third-order valence-corrected chi connectivity index (χ3v) is 5.71. The standard InChI is InChI=1S/C23H19FN2O4S/c1-29-16-11-12-17(19(24)14-16)23-22(18-9-5-6-10-20(18)31(25,27)28)26-21(30-23)13-15-7-3-2-4-8-15/h2-12,14H,13H2,1H3,(H2,25,27,28). The summed E-state index contributed by atoms with van der Waals surface area (Å²) in [6.45, 7) is 0. The Hall–Kier alpha value is -3.49. The maximum absolute atomic E-state index is 14.9. The number of oxazole rings is 1. The molecule has 0 bridgehead atoms. The van der Waals surface area contributed by atoms with Gasteiger partial charge >= 0.3 is 0 Å².